The second kappa shape index (κ2) is 9.66. The third kappa shape index (κ3) is 5.53. The van der Waals surface area contributed by atoms with Gasteiger partial charge in [0.25, 0.3) is 0 Å². The molecule has 0 aromatic heterocycles. The molecule has 0 heterocycles. The van der Waals surface area contributed by atoms with Crippen LogP contribution in [0.1, 0.15) is 29.7 Å². The summed E-state index contributed by atoms with van der Waals surface area (Å²) in [5.41, 5.74) is 2.05. The van der Waals surface area contributed by atoms with Gasteiger partial charge in [0.1, 0.15) is 35.7 Å². The molecule has 0 aliphatic rings. The molecule has 0 aliphatic heterocycles. The van der Waals surface area contributed by atoms with E-state index in [1.54, 1.807) is 30.4 Å². The normalized spacial score (nSPS) is 12.1. The van der Waals surface area contributed by atoms with Gasteiger partial charge in [0.15, 0.2) is 0 Å². The Labute approximate surface area is 170 Å². The monoisotopic (exact) mass is 392 g/mol. The summed E-state index contributed by atoms with van der Waals surface area (Å²) in [4.78, 5) is 0. The summed E-state index contributed by atoms with van der Waals surface area (Å²) >= 11 is 0. The van der Waals surface area contributed by atoms with E-state index in [0.29, 0.717) is 35.8 Å². The Hall–Kier alpha value is -3.44. The average Bonchev–Trinajstić information content (AvgIpc) is 2.72. The minimum Gasteiger partial charge on any atom is -0.508 e. The zero-order valence-electron chi connectivity index (χ0n) is 16.2. The Bertz CT molecular complexity index is 966. The van der Waals surface area contributed by atoms with Crippen LogP contribution in [0.15, 0.2) is 72.8 Å². The highest BCUT2D eigenvalue weighted by Crippen LogP contribution is 2.32. The van der Waals surface area contributed by atoms with Crippen molar-refractivity contribution >= 4 is 6.08 Å². The molecule has 3 aromatic carbocycles. The van der Waals surface area contributed by atoms with Crippen LogP contribution in [0, 0.1) is 0 Å². The van der Waals surface area contributed by atoms with E-state index >= 15 is 0 Å². The number of ether oxygens (including phenoxy) is 2. The molecular weight excluding hydrogens is 368 g/mol. The molecule has 29 heavy (non-hydrogen) atoms. The number of rotatable bonds is 8. The Balaban J connectivity index is 1.76. The Morgan fingerprint density at radius 3 is 2.45 bits per heavy atom. The highest BCUT2D eigenvalue weighted by Gasteiger charge is 2.13. The zero-order valence-corrected chi connectivity index (χ0v) is 16.2. The third-order valence-electron chi connectivity index (χ3n) is 4.32. The Kier molecular flexibility index (Phi) is 6.76. The summed E-state index contributed by atoms with van der Waals surface area (Å²) in [6, 6.07) is 19.2. The molecule has 0 bridgehead atoms. The van der Waals surface area contributed by atoms with E-state index in [2.05, 4.69) is 0 Å². The third-order valence-corrected chi connectivity index (χ3v) is 4.32. The fraction of sp³-hybridized carbons (Fsp3) is 0.167. The van der Waals surface area contributed by atoms with Gasteiger partial charge in [-0.05, 0) is 36.8 Å². The molecule has 5 heteroatoms. The van der Waals surface area contributed by atoms with E-state index < -0.39 is 6.10 Å². The van der Waals surface area contributed by atoms with E-state index in [9.17, 15) is 15.3 Å². The lowest BCUT2D eigenvalue weighted by Crippen LogP contribution is -2.01. The van der Waals surface area contributed by atoms with Crippen LogP contribution in [-0.4, -0.2) is 21.9 Å². The molecular formula is C24H24O5. The van der Waals surface area contributed by atoms with Crippen molar-refractivity contribution in [2.24, 2.45) is 0 Å². The van der Waals surface area contributed by atoms with Gasteiger partial charge in [-0.15, -0.1) is 0 Å². The van der Waals surface area contributed by atoms with E-state index in [-0.39, 0.29) is 11.5 Å². The first-order valence-electron chi connectivity index (χ1n) is 9.38. The fourth-order valence-electron chi connectivity index (χ4n) is 2.85. The fourth-order valence-corrected chi connectivity index (χ4v) is 2.85. The van der Waals surface area contributed by atoms with E-state index in [0.717, 1.165) is 5.56 Å². The van der Waals surface area contributed by atoms with E-state index in [1.165, 1.54) is 18.2 Å². The first kappa shape index (κ1) is 20.3. The van der Waals surface area contributed by atoms with Gasteiger partial charge in [-0.1, -0.05) is 42.5 Å². The lowest BCUT2D eigenvalue weighted by Gasteiger charge is -2.15. The van der Waals surface area contributed by atoms with Gasteiger partial charge in [-0.25, -0.2) is 0 Å². The van der Waals surface area contributed by atoms with Crippen molar-refractivity contribution in [1.82, 2.24) is 0 Å². The van der Waals surface area contributed by atoms with Crippen LogP contribution in [-0.2, 0) is 6.61 Å². The SMILES string of the molecule is CCOc1ccc(C=CC(O)c2ccc(O)cc2OCc2ccccc2)c(O)c1. The van der Waals surface area contributed by atoms with Crippen molar-refractivity contribution in [3.8, 4) is 23.0 Å². The molecule has 3 N–H and O–H groups in total. The molecule has 0 amide bonds. The maximum atomic E-state index is 10.6. The van der Waals surface area contributed by atoms with E-state index in [4.69, 9.17) is 9.47 Å². The average molecular weight is 392 g/mol. The maximum Gasteiger partial charge on any atom is 0.129 e. The predicted molar refractivity (Wildman–Crippen MR) is 112 cm³/mol. The molecule has 0 fully saturated rings. The summed E-state index contributed by atoms with van der Waals surface area (Å²) in [5.74, 6) is 1.09. The van der Waals surface area contributed by atoms with Crippen molar-refractivity contribution in [2.75, 3.05) is 6.61 Å². The van der Waals surface area contributed by atoms with Crippen LogP contribution in [0.25, 0.3) is 6.08 Å². The first-order chi connectivity index (χ1) is 14.1. The number of aliphatic hydroxyl groups is 1. The van der Waals surface area contributed by atoms with Crippen LogP contribution >= 0.6 is 0 Å². The summed E-state index contributed by atoms with van der Waals surface area (Å²) in [6.45, 7) is 2.70. The van der Waals surface area contributed by atoms with Crippen molar-refractivity contribution in [1.29, 1.82) is 0 Å². The summed E-state index contributed by atoms with van der Waals surface area (Å²) in [5, 5.41) is 30.6. The summed E-state index contributed by atoms with van der Waals surface area (Å²) < 4.78 is 11.2. The van der Waals surface area contributed by atoms with Gasteiger partial charge in [0, 0.05) is 23.3 Å². The molecule has 0 aliphatic carbocycles. The van der Waals surface area contributed by atoms with Crippen molar-refractivity contribution < 1.29 is 24.8 Å². The van der Waals surface area contributed by atoms with Crippen LogP contribution in [0.5, 0.6) is 23.0 Å². The molecule has 0 radical (unpaired) electrons. The molecule has 0 spiro atoms. The molecule has 3 aromatic rings. The van der Waals surface area contributed by atoms with Crippen LogP contribution in [0.3, 0.4) is 0 Å². The lowest BCUT2D eigenvalue weighted by atomic mass is 10.1. The highest BCUT2D eigenvalue weighted by molar-refractivity contribution is 5.59. The predicted octanol–water partition coefficient (Wildman–Crippen LogP) is 4.82. The van der Waals surface area contributed by atoms with Gasteiger partial charge in [0.2, 0.25) is 0 Å². The zero-order chi connectivity index (χ0) is 20.6. The molecule has 0 saturated carbocycles. The summed E-state index contributed by atoms with van der Waals surface area (Å²) in [7, 11) is 0. The van der Waals surface area contributed by atoms with Gasteiger partial charge in [-0.2, -0.15) is 0 Å². The number of hydrogen-bond acceptors (Lipinski definition) is 5. The molecule has 150 valence electrons. The Morgan fingerprint density at radius 2 is 1.72 bits per heavy atom. The minimum atomic E-state index is -0.979. The number of benzene rings is 3. The molecule has 0 saturated heterocycles. The van der Waals surface area contributed by atoms with Crippen molar-refractivity contribution in [3.05, 3.63) is 89.5 Å². The second-order valence-corrected chi connectivity index (χ2v) is 6.45. The lowest BCUT2D eigenvalue weighted by molar-refractivity contribution is 0.217. The smallest absolute Gasteiger partial charge is 0.129 e. The van der Waals surface area contributed by atoms with Gasteiger partial charge in [-0.3, -0.25) is 0 Å². The van der Waals surface area contributed by atoms with Crippen LogP contribution in [0.2, 0.25) is 0 Å². The number of aromatic hydroxyl groups is 2. The molecule has 1 atom stereocenters. The number of hydrogen-bond donors (Lipinski definition) is 3. The van der Waals surface area contributed by atoms with Crippen molar-refractivity contribution in [3.63, 3.8) is 0 Å². The second-order valence-electron chi connectivity index (χ2n) is 6.45. The van der Waals surface area contributed by atoms with Crippen LogP contribution in [0.4, 0.5) is 0 Å². The quantitative estimate of drug-likeness (QED) is 0.512. The standard InChI is InChI=1S/C24H24O5/c1-2-28-20-11-8-18(23(27)15-20)9-13-22(26)21-12-10-19(25)14-24(21)29-16-17-6-4-3-5-7-17/h3-15,22,25-27H,2,16H2,1H3. The topological polar surface area (TPSA) is 79.2 Å². The molecule has 3 rings (SSSR count). The van der Waals surface area contributed by atoms with Gasteiger partial charge < -0.3 is 24.8 Å². The molecule has 5 nitrogen and oxygen atoms in total. The Morgan fingerprint density at radius 1 is 0.931 bits per heavy atom. The minimum absolute atomic E-state index is 0.0529. The van der Waals surface area contributed by atoms with Crippen molar-refractivity contribution in [2.45, 2.75) is 19.6 Å². The number of phenolic OH excluding ortho intramolecular Hbond substituents is 2. The van der Waals surface area contributed by atoms with E-state index in [1.807, 2.05) is 37.3 Å². The van der Waals surface area contributed by atoms with Gasteiger partial charge >= 0.3 is 0 Å². The highest BCUT2D eigenvalue weighted by atomic mass is 16.5. The van der Waals surface area contributed by atoms with Gasteiger partial charge in [0.05, 0.1) is 6.61 Å². The number of phenols is 2. The largest absolute Gasteiger partial charge is 0.508 e. The van der Waals surface area contributed by atoms with Crippen LogP contribution < -0.4 is 9.47 Å². The maximum absolute atomic E-state index is 10.6. The summed E-state index contributed by atoms with van der Waals surface area (Å²) in [6.07, 6.45) is 2.20. The molecule has 1 unspecified atom stereocenters. The first-order valence-corrected chi connectivity index (χ1v) is 9.38. The number of aliphatic hydroxyl groups excluding tert-OH is 1.